The lowest BCUT2D eigenvalue weighted by Gasteiger charge is -2.16. The van der Waals surface area contributed by atoms with Crippen LogP contribution in [0.3, 0.4) is 0 Å². The summed E-state index contributed by atoms with van der Waals surface area (Å²) in [6.07, 6.45) is 0. The van der Waals surface area contributed by atoms with E-state index in [-0.39, 0.29) is 10.6 Å². The zero-order valence-electron chi connectivity index (χ0n) is 10.5. The Morgan fingerprint density at radius 2 is 1.67 bits per heavy atom. The van der Waals surface area contributed by atoms with Gasteiger partial charge >= 0.3 is 0 Å². The van der Waals surface area contributed by atoms with Crippen LogP contribution in [0.25, 0.3) is 0 Å². The van der Waals surface area contributed by atoms with E-state index in [2.05, 4.69) is 0 Å². The van der Waals surface area contributed by atoms with Gasteiger partial charge in [-0.05, 0) is 28.8 Å². The Morgan fingerprint density at radius 1 is 1.05 bits per heavy atom. The average Bonchev–Trinajstić information content (AvgIpc) is 2.40. The van der Waals surface area contributed by atoms with Gasteiger partial charge in [-0.1, -0.05) is 54.1 Å². The quantitative estimate of drug-likeness (QED) is 0.680. The number of hydrogen-bond donors (Lipinski definition) is 1. The first kappa shape index (κ1) is 16.0. The fourth-order valence-electron chi connectivity index (χ4n) is 2.03. The molecule has 0 amide bonds. The zero-order valence-corrected chi connectivity index (χ0v) is 12.9. The van der Waals surface area contributed by atoms with Gasteiger partial charge in [-0.25, -0.2) is 0 Å². The highest BCUT2D eigenvalue weighted by Crippen LogP contribution is 2.35. The minimum absolute atomic E-state index is 0.220. The molecule has 0 radical (unpaired) electrons. The molecule has 0 aliphatic carbocycles. The molecule has 0 bridgehead atoms. The van der Waals surface area contributed by atoms with Gasteiger partial charge in [0.2, 0.25) is 5.24 Å². The lowest BCUT2D eigenvalue weighted by atomic mass is 9.92. The summed E-state index contributed by atoms with van der Waals surface area (Å²) in [6, 6.07) is 12.6. The fourth-order valence-corrected chi connectivity index (χ4v) is 3.39. The summed E-state index contributed by atoms with van der Waals surface area (Å²) >= 11 is 11.7. The molecule has 110 valence electrons. The lowest BCUT2D eigenvalue weighted by molar-refractivity contribution is -0.112. The van der Waals surface area contributed by atoms with Crippen LogP contribution in [0.1, 0.15) is 17.0 Å². The third-order valence-corrected chi connectivity index (χ3v) is 4.59. The third-order valence-electron chi connectivity index (χ3n) is 2.94. The normalized spacial score (nSPS) is 12.9. The molecule has 0 saturated heterocycles. The summed E-state index contributed by atoms with van der Waals surface area (Å²) in [6.45, 7) is 0. The lowest BCUT2D eigenvalue weighted by Crippen LogP contribution is -2.11. The van der Waals surface area contributed by atoms with Crippen LogP contribution in [0.2, 0.25) is 5.02 Å². The van der Waals surface area contributed by atoms with Crippen molar-refractivity contribution >= 4 is 38.6 Å². The van der Waals surface area contributed by atoms with Gasteiger partial charge < -0.3 is 0 Å². The van der Waals surface area contributed by atoms with Gasteiger partial charge in [-0.15, -0.1) is 0 Å². The highest BCUT2D eigenvalue weighted by atomic mass is 35.5. The van der Waals surface area contributed by atoms with E-state index in [0.29, 0.717) is 5.56 Å². The number of benzene rings is 2. The van der Waals surface area contributed by atoms with Crippen molar-refractivity contribution in [1.82, 2.24) is 0 Å². The number of carbonyl (C=O) groups excluding carboxylic acids is 1. The van der Waals surface area contributed by atoms with Crippen LogP contribution < -0.4 is 0 Å². The smallest absolute Gasteiger partial charge is 0.282 e. The highest BCUT2D eigenvalue weighted by Gasteiger charge is 2.26. The monoisotopic (exact) mass is 344 g/mol. The molecule has 0 fully saturated rings. The fraction of sp³-hybridized carbons (Fsp3) is 0.0714. The summed E-state index contributed by atoms with van der Waals surface area (Å²) in [7, 11) is -4.48. The minimum Gasteiger partial charge on any atom is -0.282 e. The molecule has 1 atom stereocenters. The summed E-state index contributed by atoms with van der Waals surface area (Å²) in [5, 5.41) is -0.918. The molecular formula is C14H10Cl2O4S. The number of carbonyl (C=O) groups is 1. The maximum atomic E-state index is 11.8. The second kappa shape index (κ2) is 6.15. The molecule has 4 nitrogen and oxygen atoms in total. The van der Waals surface area contributed by atoms with Crippen LogP contribution in [0.15, 0.2) is 53.4 Å². The largest absolute Gasteiger partial charge is 0.296 e. The van der Waals surface area contributed by atoms with Crippen molar-refractivity contribution in [3.05, 3.63) is 64.7 Å². The Morgan fingerprint density at radius 3 is 2.19 bits per heavy atom. The molecule has 2 aromatic carbocycles. The van der Waals surface area contributed by atoms with Crippen molar-refractivity contribution in [2.75, 3.05) is 0 Å². The van der Waals surface area contributed by atoms with Gasteiger partial charge in [-0.3, -0.25) is 9.35 Å². The van der Waals surface area contributed by atoms with Crippen molar-refractivity contribution < 1.29 is 17.8 Å². The van der Waals surface area contributed by atoms with Crippen LogP contribution in [-0.4, -0.2) is 18.2 Å². The van der Waals surface area contributed by atoms with Gasteiger partial charge in [0.25, 0.3) is 10.1 Å². The van der Waals surface area contributed by atoms with Crippen molar-refractivity contribution in [1.29, 1.82) is 0 Å². The van der Waals surface area contributed by atoms with Crippen LogP contribution >= 0.6 is 23.2 Å². The molecule has 21 heavy (non-hydrogen) atoms. The first-order chi connectivity index (χ1) is 9.82. The number of rotatable bonds is 4. The van der Waals surface area contributed by atoms with Gasteiger partial charge in [0.15, 0.2) is 0 Å². The molecule has 1 N–H and O–H groups in total. The SMILES string of the molecule is O=C(Cl)C(c1ccccc1)c1cccc(S(=O)(=O)O)c1Cl. The van der Waals surface area contributed by atoms with Crippen molar-refractivity contribution in [2.24, 2.45) is 0 Å². The Hall–Kier alpha value is -1.40. The summed E-state index contributed by atoms with van der Waals surface area (Å²) in [5.74, 6) is -0.915. The maximum absolute atomic E-state index is 11.8. The molecular weight excluding hydrogens is 335 g/mol. The van der Waals surface area contributed by atoms with E-state index in [0.717, 1.165) is 6.07 Å². The second-order valence-corrected chi connectivity index (χ2v) is 6.42. The minimum atomic E-state index is -4.48. The predicted molar refractivity (Wildman–Crippen MR) is 80.4 cm³/mol. The Labute approximate surface area is 132 Å². The Kier molecular flexibility index (Phi) is 4.68. The van der Waals surface area contributed by atoms with Crippen LogP contribution in [0, 0.1) is 0 Å². The number of hydrogen-bond acceptors (Lipinski definition) is 3. The van der Waals surface area contributed by atoms with E-state index in [4.69, 9.17) is 27.8 Å². The van der Waals surface area contributed by atoms with Gasteiger partial charge in [-0.2, -0.15) is 8.42 Å². The topological polar surface area (TPSA) is 71.4 Å². The third kappa shape index (κ3) is 3.44. The maximum Gasteiger partial charge on any atom is 0.296 e. The standard InChI is InChI=1S/C14H10Cl2O4S/c15-13-10(7-4-8-11(13)21(18,19)20)12(14(16)17)9-5-2-1-3-6-9/h1-8,12H,(H,18,19,20). The molecule has 2 aromatic rings. The number of halogens is 2. The second-order valence-electron chi connectivity index (χ2n) is 4.28. The van der Waals surface area contributed by atoms with E-state index >= 15 is 0 Å². The van der Waals surface area contributed by atoms with Crippen molar-refractivity contribution in [3.8, 4) is 0 Å². The van der Waals surface area contributed by atoms with Crippen molar-refractivity contribution in [3.63, 3.8) is 0 Å². The van der Waals surface area contributed by atoms with Crippen LogP contribution in [0.5, 0.6) is 0 Å². The van der Waals surface area contributed by atoms with Crippen LogP contribution in [0.4, 0.5) is 0 Å². The zero-order chi connectivity index (χ0) is 15.6. The van der Waals surface area contributed by atoms with E-state index < -0.39 is 26.2 Å². The van der Waals surface area contributed by atoms with E-state index in [9.17, 15) is 13.2 Å². The molecule has 0 aromatic heterocycles. The van der Waals surface area contributed by atoms with Gasteiger partial charge in [0.05, 0.1) is 10.9 Å². The molecule has 7 heteroatoms. The van der Waals surface area contributed by atoms with Crippen molar-refractivity contribution in [2.45, 2.75) is 10.8 Å². The Balaban J connectivity index is 2.66. The van der Waals surface area contributed by atoms with E-state index in [1.807, 2.05) is 0 Å². The Bertz CT molecular complexity index is 773. The molecule has 0 aliphatic heterocycles. The summed E-state index contributed by atoms with van der Waals surface area (Å²) in [4.78, 5) is 11.3. The van der Waals surface area contributed by atoms with Gasteiger partial charge in [0, 0.05) is 0 Å². The average molecular weight is 345 g/mol. The summed E-state index contributed by atoms with van der Waals surface area (Å²) < 4.78 is 31.7. The molecule has 1 unspecified atom stereocenters. The van der Waals surface area contributed by atoms with E-state index in [1.54, 1.807) is 30.3 Å². The molecule has 0 aliphatic rings. The predicted octanol–water partition coefficient (Wildman–Crippen LogP) is 3.48. The molecule has 0 saturated carbocycles. The van der Waals surface area contributed by atoms with Crippen LogP contribution in [-0.2, 0) is 14.9 Å². The first-order valence-corrected chi connectivity index (χ1v) is 8.02. The summed E-state index contributed by atoms with van der Waals surface area (Å²) in [5.41, 5.74) is 0.796. The molecule has 0 spiro atoms. The molecule has 0 heterocycles. The van der Waals surface area contributed by atoms with E-state index in [1.165, 1.54) is 12.1 Å². The van der Waals surface area contributed by atoms with Gasteiger partial charge in [0.1, 0.15) is 4.90 Å². The first-order valence-electron chi connectivity index (χ1n) is 5.82. The molecule has 2 rings (SSSR count). The highest BCUT2D eigenvalue weighted by molar-refractivity contribution is 7.86.